The summed E-state index contributed by atoms with van der Waals surface area (Å²) < 4.78 is 0. The van der Waals surface area contributed by atoms with Gasteiger partial charge in [0.1, 0.15) is 5.02 Å². The molecule has 1 atom stereocenters. The Morgan fingerprint density at radius 3 is 2.57 bits per heavy atom. The van der Waals surface area contributed by atoms with E-state index in [0.717, 1.165) is 16.7 Å². The van der Waals surface area contributed by atoms with Crippen LogP contribution in [0.4, 0.5) is 5.69 Å². The predicted octanol–water partition coefficient (Wildman–Crippen LogP) is 4.36. The highest BCUT2D eigenvalue weighted by molar-refractivity contribution is 6.32. The van der Waals surface area contributed by atoms with Crippen LogP contribution in [0.5, 0.6) is 0 Å². The fraction of sp³-hybridized carbons (Fsp3) is 0.235. The summed E-state index contributed by atoms with van der Waals surface area (Å²) in [6.45, 7) is 5.84. The molecule has 2 rings (SSSR count). The average molecular weight is 333 g/mol. The SMILES string of the molecule is Cc1ccc(C)c([C@@H](C)NC(=O)c2ccc(Cl)c([N+](=O)[O-])c2)c1. The number of carbonyl (C=O) groups is 1. The highest BCUT2D eigenvalue weighted by Crippen LogP contribution is 2.25. The predicted molar refractivity (Wildman–Crippen MR) is 89.9 cm³/mol. The molecule has 0 aromatic heterocycles. The number of nitrogens with one attached hydrogen (secondary N) is 1. The maximum Gasteiger partial charge on any atom is 0.288 e. The van der Waals surface area contributed by atoms with Gasteiger partial charge in [0.15, 0.2) is 0 Å². The molecule has 120 valence electrons. The fourth-order valence-electron chi connectivity index (χ4n) is 2.38. The smallest absolute Gasteiger partial charge is 0.288 e. The van der Waals surface area contributed by atoms with Gasteiger partial charge >= 0.3 is 0 Å². The minimum atomic E-state index is -0.604. The number of nitrogens with zero attached hydrogens (tertiary/aromatic N) is 1. The van der Waals surface area contributed by atoms with Crippen LogP contribution in [0.1, 0.15) is 40.0 Å². The monoisotopic (exact) mass is 332 g/mol. The molecule has 0 heterocycles. The van der Waals surface area contributed by atoms with E-state index in [-0.39, 0.29) is 28.2 Å². The molecule has 2 aromatic carbocycles. The zero-order valence-electron chi connectivity index (χ0n) is 13.1. The molecule has 23 heavy (non-hydrogen) atoms. The summed E-state index contributed by atoms with van der Waals surface area (Å²) >= 11 is 5.76. The number of halogens is 1. The van der Waals surface area contributed by atoms with Crippen molar-refractivity contribution in [1.29, 1.82) is 0 Å². The van der Waals surface area contributed by atoms with Crippen molar-refractivity contribution in [2.45, 2.75) is 26.8 Å². The Bertz CT molecular complexity index is 774. The van der Waals surface area contributed by atoms with Gasteiger partial charge in [-0.05, 0) is 44.0 Å². The minimum absolute atomic E-state index is 0.00845. The summed E-state index contributed by atoms with van der Waals surface area (Å²) in [7, 11) is 0. The molecule has 6 heteroatoms. The number of nitro groups is 1. The van der Waals surface area contributed by atoms with Crippen LogP contribution in [-0.4, -0.2) is 10.8 Å². The third-order valence-corrected chi connectivity index (χ3v) is 3.97. The lowest BCUT2D eigenvalue weighted by Gasteiger charge is -2.17. The zero-order chi connectivity index (χ0) is 17.1. The van der Waals surface area contributed by atoms with Crippen LogP contribution < -0.4 is 5.32 Å². The third-order valence-electron chi connectivity index (χ3n) is 3.65. The van der Waals surface area contributed by atoms with Gasteiger partial charge in [0.05, 0.1) is 11.0 Å². The second-order valence-electron chi connectivity index (χ2n) is 5.48. The number of hydrogen-bond acceptors (Lipinski definition) is 3. The average Bonchev–Trinajstić information content (AvgIpc) is 2.49. The van der Waals surface area contributed by atoms with Crippen LogP contribution >= 0.6 is 11.6 Å². The number of carbonyl (C=O) groups excluding carboxylic acids is 1. The van der Waals surface area contributed by atoms with Crippen molar-refractivity contribution >= 4 is 23.2 Å². The standard InChI is InChI=1S/C17H17ClN2O3/c1-10-4-5-11(2)14(8-10)12(3)19-17(21)13-6-7-15(18)16(9-13)20(22)23/h4-9,12H,1-3H3,(H,19,21)/t12-/m1/s1. The Morgan fingerprint density at radius 2 is 1.91 bits per heavy atom. The summed E-state index contributed by atoms with van der Waals surface area (Å²) in [6.07, 6.45) is 0. The summed E-state index contributed by atoms with van der Waals surface area (Å²) in [4.78, 5) is 22.6. The minimum Gasteiger partial charge on any atom is -0.346 e. The van der Waals surface area contributed by atoms with Crippen molar-refractivity contribution < 1.29 is 9.72 Å². The largest absolute Gasteiger partial charge is 0.346 e. The van der Waals surface area contributed by atoms with Crippen molar-refractivity contribution in [1.82, 2.24) is 5.32 Å². The topological polar surface area (TPSA) is 72.2 Å². The maximum absolute atomic E-state index is 12.3. The molecule has 0 unspecified atom stereocenters. The van der Waals surface area contributed by atoms with Gasteiger partial charge in [0.25, 0.3) is 11.6 Å². The Balaban J connectivity index is 2.23. The van der Waals surface area contributed by atoms with E-state index in [4.69, 9.17) is 11.6 Å². The Kier molecular flexibility index (Phi) is 5.01. The number of benzene rings is 2. The first-order valence-electron chi connectivity index (χ1n) is 7.11. The zero-order valence-corrected chi connectivity index (χ0v) is 13.8. The first kappa shape index (κ1) is 17.0. The quantitative estimate of drug-likeness (QED) is 0.668. The van der Waals surface area contributed by atoms with E-state index in [0.29, 0.717) is 0 Å². The van der Waals surface area contributed by atoms with Crippen molar-refractivity contribution in [3.05, 3.63) is 73.8 Å². The van der Waals surface area contributed by atoms with Gasteiger partial charge in [-0.25, -0.2) is 0 Å². The summed E-state index contributed by atoms with van der Waals surface area (Å²) in [5.41, 5.74) is 3.12. The highest BCUT2D eigenvalue weighted by Gasteiger charge is 2.18. The number of hydrogen-bond donors (Lipinski definition) is 1. The third kappa shape index (κ3) is 3.87. The molecule has 0 aliphatic rings. The highest BCUT2D eigenvalue weighted by atomic mass is 35.5. The fourth-order valence-corrected chi connectivity index (χ4v) is 2.56. The van der Waals surface area contributed by atoms with Crippen molar-refractivity contribution in [2.24, 2.45) is 0 Å². The van der Waals surface area contributed by atoms with Gasteiger partial charge in [0, 0.05) is 11.6 Å². The molecule has 1 amide bonds. The van der Waals surface area contributed by atoms with E-state index in [1.165, 1.54) is 18.2 Å². The van der Waals surface area contributed by atoms with Crippen molar-refractivity contribution in [2.75, 3.05) is 0 Å². The summed E-state index contributed by atoms with van der Waals surface area (Å²) in [6, 6.07) is 9.84. The molecular formula is C17H17ClN2O3. The Labute approximate surface area is 139 Å². The number of amides is 1. The molecule has 5 nitrogen and oxygen atoms in total. The first-order valence-corrected chi connectivity index (χ1v) is 7.49. The van der Waals surface area contributed by atoms with Crippen molar-refractivity contribution in [3.63, 3.8) is 0 Å². The number of rotatable bonds is 4. The van der Waals surface area contributed by atoms with Crippen LogP contribution in [0.25, 0.3) is 0 Å². The summed E-state index contributed by atoms with van der Waals surface area (Å²) in [5.74, 6) is -0.377. The van der Waals surface area contributed by atoms with Crippen LogP contribution in [0.2, 0.25) is 5.02 Å². The van der Waals surface area contributed by atoms with E-state index < -0.39 is 4.92 Å². The normalized spacial score (nSPS) is 11.8. The van der Waals surface area contributed by atoms with E-state index in [1.807, 2.05) is 39.0 Å². The lowest BCUT2D eigenvalue weighted by Crippen LogP contribution is -2.27. The molecule has 2 aromatic rings. The molecule has 0 spiro atoms. The Morgan fingerprint density at radius 1 is 1.22 bits per heavy atom. The second-order valence-corrected chi connectivity index (χ2v) is 5.89. The van der Waals surface area contributed by atoms with Gasteiger partial charge in [-0.3, -0.25) is 14.9 Å². The van der Waals surface area contributed by atoms with E-state index in [2.05, 4.69) is 5.32 Å². The van der Waals surface area contributed by atoms with Crippen molar-refractivity contribution in [3.8, 4) is 0 Å². The number of nitro benzene ring substituents is 1. The molecule has 0 saturated carbocycles. The maximum atomic E-state index is 12.3. The van der Waals surface area contributed by atoms with E-state index in [1.54, 1.807) is 0 Å². The molecule has 0 radical (unpaired) electrons. The molecule has 0 aliphatic carbocycles. The van der Waals surface area contributed by atoms with Gasteiger partial charge in [-0.1, -0.05) is 35.4 Å². The number of aryl methyl sites for hydroxylation is 2. The van der Waals surface area contributed by atoms with E-state index in [9.17, 15) is 14.9 Å². The molecule has 0 aliphatic heterocycles. The first-order chi connectivity index (χ1) is 10.8. The molecule has 0 saturated heterocycles. The van der Waals surface area contributed by atoms with Gasteiger partial charge in [0.2, 0.25) is 0 Å². The summed E-state index contributed by atoms with van der Waals surface area (Å²) in [5, 5.41) is 13.8. The van der Waals surface area contributed by atoms with Crippen LogP contribution in [0.3, 0.4) is 0 Å². The van der Waals surface area contributed by atoms with Gasteiger partial charge in [-0.15, -0.1) is 0 Å². The van der Waals surface area contributed by atoms with Gasteiger partial charge in [-0.2, -0.15) is 0 Å². The molecule has 0 fully saturated rings. The van der Waals surface area contributed by atoms with Gasteiger partial charge < -0.3 is 5.32 Å². The van der Waals surface area contributed by atoms with Crippen LogP contribution in [0.15, 0.2) is 36.4 Å². The Hall–Kier alpha value is -2.40. The lowest BCUT2D eigenvalue weighted by atomic mass is 9.99. The van der Waals surface area contributed by atoms with E-state index >= 15 is 0 Å². The lowest BCUT2D eigenvalue weighted by molar-refractivity contribution is -0.384. The molecular weight excluding hydrogens is 316 g/mol. The molecule has 1 N–H and O–H groups in total. The molecule has 0 bridgehead atoms. The van der Waals surface area contributed by atoms with Crippen LogP contribution in [-0.2, 0) is 0 Å². The van der Waals surface area contributed by atoms with Crippen LogP contribution in [0, 0.1) is 24.0 Å². The second kappa shape index (κ2) is 6.79.